The van der Waals surface area contributed by atoms with Crippen LogP contribution in [0, 0.1) is 0 Å². The number of hydrazone groups is 1. The Balaban J connectivity index is 2.59. The molecule has 0 unspecified atom stereocenters. The summed E-state index contributed by atoms with van der Waals surface area (Å²) in [6, 6.07) is 5.74. The molecule has 1 aromatic rings. The number of hydrogen-bond donors (Lipinski definition) is 1. The zero-order valence-corrected chi connectivity index (χ0v) is 11.8. The highest BCUT2D eigenvalue weighted by Gasteiger charge is 2.18. The largest absolute Gasteiger partial charge is 0.545 e. The SMILES string of the molecule is CCN(CC)C(=O)C(=O)N/N=C\c1ccc(C(=O)[O-])cc1. The van der Waals surface area contributed by atoms with Gasteiger partial charge >= 0.3 is 11.8 Å². The van der Waals surface area contributed by atoms with E-state index >= 15 is 0 Å². The fourth-order valence-corrected chi connectivity index (χ4v) is 1.57. The van der Waals surface area contributed by atoms with Gasteiger partial charge in [-0.25, -0.2) is 5.43 Å². The maximum atomic E-state index is 11.6. The van der Waals surface area contributed by atoms with E-state index in [0.717, 1.165) is 0 Å². The molecule has 0 radical (unpaired) electrons. The predicted molar refractivity (Wildman–Crippen MR) is 74.4 cm³/mol. The van der Waals surface area contributed by atoms with Crippen LogP contribution in [0.3, 0.4) is 0 Å². The summed E-state index contributed by atoms with van der Waals surface area (Å²) in [6.45, 7) is 4.43. The van der Waals surface area contributed by atoms with Crippen LogP contribution in [0.15, 0.2) is 29.4 Å². The van der Waals surface area contributed by atoms with Gasteiger partial charge < -0.3 is 14.8 Å². The fraction of sp³-hybridized carbons (Fsp3) is 0.286. The Morgan fingerprint density at radius 3 is 2.24 bits per heavy atom. The molecule has 0 spiro atoms. The predicted octanol–water partition coefficient (Wildman–Crippen LogP) is -0.631. The van der Waals surface area contributed by atoms with Crippen molar-refractivity contribution in [2.24, 2.45) is 5.10 Å². The molecule has 7 heteroatoms. The lowest BCUT2D eigenvalue weighted by molar-refractivity contribution is -0.255. The van der Waals surface area contributed by atoms with Crippen LogP contribution >= 0.6 is 0 Å². The van der Waals surface area contributed by atoms with E-state index in [2.05, 4.69) is 10.5 Å². The Morgan fingerprint density at radius 2 is 1.76 bits per heavy atom. The first-order valence-electron chi connectivity index (χ1n) is 6.43. The minimum absolute atomic E-state index is 0.0490. The number of carboxylic acid groups (broad SMARTS) is 1. The van der Waals surface area contributed by atoms with Crippen molar-refractivity contribution in [3.63, 3.8) is 0 Å². The van der Waals surface area contributed by atoms with E-state index in [9.17, 15) is 19.5 Å². The van der Waals surface area contributed by atoms with Crippen molar-refractivity contribution in [3.05, 3.63) is 35.4 Å². The lowest BCUT2D eigenvalue weighted by Gasteiger charge is -2.16. The molecular formula is C14H16N3O4-. The van der Waals surface area contributed by atoms with E-state index in [1.807, 2.05) is 0 Å². The van der Waals surface area contributed by atoms with Crippen LogP contribution in [0.5, 0.6) is 0 Å². The summed E-state index contributed by atoms with van der Waals surface area (Å²) in [6.07, 6.45) is 1.31. The van der Waals surface area contributed by atoms with E-state index in [-0.39, 0.29) is 5.56 Å². The minimum atomic E-state index is -1.27. The molecule has 21 heavy (non-hydrogen) atoms. The van der Waals surface area contributed by atoms with Crippen molar-refractivity contribution in [3.8, 4) is 0 Å². The molecular weight excluding hydrogens is 274 g/mol. The number of benzene rings is 1. The van der Waals surface area contributed by atoms with Crippen molar-refractivity contribution in [2.45, 2.75) is 13.8 Å². The highest BCUT2D eigenvalue weighted by molar-refractivity contribution is 6.34. The average Bonchev–Trinajstić information content (AvgIpc) is 2.48. The van der Waals surface area contributed by atoms with E-state index in [1.54, 1.807) is 13.8 Å². The second-order valence-corrected chi connectivity index (χ2v) is 4.09. The second-order valence-electron chi connectivity index (χ2n) is 4.09. The summed E-state index contributed by atoms with van der Waals surface area (Å²) >= 11 is 0. The van der Waals surface area contributed by atoms with E-state index in [4.69, 9.17) is 0 Å². The van der Waals surface area contributed by atoms with Crippen LogP contribution in [0.4, 0.5) is 0 Å². The van der Waals surface area contributed by atoms with Gasteiger partial charge in [-0.15, -0.1) is 0 Å². The van der Waals surface area contributed by atoms with Gasteiger partial charge in [-0.2, -0.15) is 5.10 Å². The highest BCUT2D eigenvalue weighted by atomic mass is 16.4. The Morgan fingerprint density at radius 1 is 1.19 bits per heavy atom. The average molecular weight is 290 g/mol. The number of carbonyl (C=O) groups is 3. The molecule has 0 saturated carbocycles. The molecule has 1 rings (SSSR count). The zero-order valence-electron chi connectivity index (χ0n) is 11.8. The molecule has 0 heterocycles. The molecule has 7 nitrogen and oxygen atoms in total. The highest BCUT2D eigenvalue weighted by Crippen LogP contribution is 2.01. The van der Waals surface area contributed by atoms with Crippen LogP contribution < -0.4 is 10.5 Å². The summed E-state index contributed by atoms with van der Waals surface area (Å²) in [4.78, 5) is 35.1. The number of amides is 2. The molecule has 0 atom stereocenters. The zero-order chi connectivity index (χ0) is 15.8. The monoisotopic (exact) mass is 290 g/mol. The molecule has 0 bridgehead atoms. The van der Waals surface area contributed by atoms with E-state index < -0.39 is 17.8 Å². The third-order valence-electron chi connectivity index (χ3n) is 2.77. The number of nitrogens with one attached hydrogen (secondary N) is 1. The Hall–Kier alpha value is -2.70. The third-order valence-corrected chi connectivity index (χ3v) is 2.77. The van der Waals surface area contributed by atoms with Crippen LogP contribution in [-0.2, 0) is 9.59 Å². The topological polar surface area (TPSA) is 102 Å². The molecule has 112 valence electrons. The molecule has 0 aliphatic rings. The number of carboxylic acids is 1. The van der Waals surface area contributed by atoms with Gasteiger partial charge in [0.15, 0.2) is 0 Å². The molecule has 1 aromatic carbocycles. The van der Waals surface area contributed by atoms with Gasteiger partial charge in [0.1, 0.15) is 0 Å². The Labute approximate surface area is 122 Å². The first-order valence-corrected chi connectivity index (χ1v) is 6.43. The van der Waals surface area contributed by atoms with Gasteiger partial charge in [0.05, 0.1) is 12.2 Å². The normalized spacial score (nSPS) is 10.4. The van der Waals surface area contributed by atoms with E-state index in [1.165, 1.54) is 35.4 Å². The smallest absolute Gasteiger partial charge is 0.329 e. The summed E-state index contributed by atoms with van der Waals surface area (Å²) < 4.78 is 0. The van der Waals surface area contributed by atoms with Crippen LogP contribution in [0.25, 0.3) is 0 Å². The number of nitrogens with zero attached hydrogens (tertiary/aromatic N) is 2. The van der Waals surface area contributed by atoms with Crippen molar-refractivity contribution >= 4 is 24.0 Å². The van der Waals surface area contributed by atoms with Gasteiger partial charge in [0, 0.05) is 13.1 Å². The van der Waals surface area contributed by atoms with Crippen LogP contribution in [0.1, 0.15) is 29.8 Å². The third kappa shape index (κ3) is 4.72. The van der Waals surface area contributed by atoms with Crippen molar-refractivity contribution in [1.82, 2.24) is 10.3 Å². The van der Waals surface area contributed by atoms with Crippen LogP contribution in [0.2, 0.25) is 0 Å². The molecule has 0 fully saturated rings. The quantitative estimate of drug-likeness (QED) is 0.443. The molecule has 2 amide bonds. The molecule has 1 N–H and O–H groups in total. The summed E-state index contributed by atoms with van der Waals surface area (Å²) in [5, 5.41) is 14.2. The maximum absolute atomic E-state index is 11.6. The second kappa shape index (κ2) is 7.78. The molecule has 0 aromatic heterocycles. The minimum Gasteiger partial charge on any atom is -0.545 e. The van der Waals surface area contributed by atoms with E-state index in [0.29, 0.717) is 18.7 Å². The summed E-state index contributed by atoms with van der Waals surface area (Å²) in [5.41, 5.74) is 2.76. The number of carbonyl (C=O) groups excluding carboxylic acids is 3. The number of likely N-dealkylation sites (N-methyl/N-ethyl adjacent to an activating group) is 1. The van der Waals surface area contributed by atoms with Crippen molar-refractivity contribution in [2.75, 3.05) is 13.1 Å². The van der Waals surface area contributed by atoms with Gasteiger partial charge in [-0.1, -0.05) is 24.3 Å². The van der Waals surface area contributed by atoms with Crippen LogP contribution in [-0.4, -0.2) is 42.0 Å². The van der Waals surface area contributed by atoms with Gasteiger partial charge in [-0.3, -0.25) is 9.59 Å². The Bertz CT molecular complexity index is 548. The number of aromatic carboxylic acids is 1. The van der Waals surface area contributed by atoms with Gasteiger partial charge in [-0.05, 0) is 25.0 Å². The van der Waals surface area contributed by atoms with Gasteiger partial charge in [0.25, 0.3) is 0 Å². The lowest BCUT2D eigenvalue weighted by Crippen LogP contribution is -2.41. The fourth-order valence-electron chi connectivity index (χ4n) is 1.57. The lowest BCUT2D eigenvalue weighted by atomic mass is 10.1. The van der Waals surface area contributed by atoms with Gasteiger partial charge in [0.2, 0.25) is 0 Å². The maximum Gasteiger partial charge on any atom is 0.329 e. The first kappa shape index (κ1) is 16.4. The summed E-state index contributed by atoms with van der Waals surface area (Å²) in [5.74, 6) is -2.73. The molecule has 0 aliphatic carbocycles. The summed E-state index contributed by atoms with van der Waals surface area (Å²) in [7, 11) is 0. The standard InChI is InChI=1S/C14H17N3O4/c1-3-17(4-2)13(19)12(18)16-15-9-10-5-7-11(8-6-10)14(20)21/h5-9H,3-4H2,1-2H3,(H,16,18)(H,20,21)/p-1/b15-9-. The number of rotatable bonds is 5. The van der Waals surface area contributed by atoms with Crippen molar-refractivity contribution in [1.29, 1.82) is 0 Å². The number of hydrogen-bond acceptors (Lipinski definition) is 5. The molecule has 0 aliphatic heterocycles. The first-order chi connectivity index (χ1) is 9.99. The molecule has 0 saturated heterocycles. The Kier molecular flexibility index (Phi) is 6.06. The van der Waals surface area contributed by atoms with Crippen molar-refractivity contribution < 1.29 is 19.5 Å².